The maximum atomic E-state index is 11.9. The number of nitrogen functional groups attached to an aromatic ring is 1. The summed E-state index contributed by atoms with van der Waals surface area (Å²) in [6.07, 6.45) is 2.68. The zero-order valence-corrected chi connectivity index (χ0v) is 10.5. The molecule has 0 aliphatic rings. The largest absolute Gasteiger partial charge is 0.382 e. The highest BCUT2D eigenvalue weighted by Crippen LogP contribution is 2.12. The molecule has 0 atom stereocenters. The van der Waals surface area contributed by atoms with Crippen LogP contribution in [0, 0.1) is 0 Å². The number of hydrogen-bond donors (Lipinski definition) is 2. The molecule has 0 radical (unpaired) electrons. The molecule has 0 unspecified atom stereocenters. The van der Waals surface area contributed by atoms with E-state index in [1.54, 1.807) is 13.2 Å². The number of carbonyl (C=O) groups is 1. The van der Waals surface area contributed by atoms with Crippen molar-refractivity contribution in [2.75, 3.05) is 18.2 Å². The summed E-state index contributed by atoms with van der Waals surface area (Å²) in [6, 6.07) is 7.40. The van der Waals surface area contributed by atoms with Crippen molar-refractivity contribution in [2.45, 2.75) is 6.61 Å². The normalized spacial score (nSPS) is 10.2. The van der Waals surface area contributed by atoms with Crippen LogP contribution in [0.1, 0.15) is 16.1 Å². The smallest absolute Gasteiger partial charge is 0.275 e. The van der Waals surface area contributed by atoms with E-state index in [0.717, 1.165) is 5.56 Å². The summed E-state index contributed by atoms with van der Waals surface area (Å²) in [7, 11) is 1.62. The third-order valence-electron chi connectivity index (χ3n) is 2.40. The summed E-state index contributed by atoms with van der Waals surface area (Å²) in [5.74, 6) is -0.0549. The molecule has 3 N–H and O–H groups in total. The first-order valence-corrected chi connectivity index (χ1v) is 5.66. The zero-order chi connectivity index (χ0) is 13.7. The van der Waals surface area contributed by atoms with Gasteiger partial charge in [0.2, 0.25) is 0 Å². The molecule has 1 amide bonds. The first-order chi connectivity index (χ1) is 9.19. The van der Waals surface area contributed by atoms with Gasteiger partial charge in [-0.15, -0.1) is 0 Å². The molecule has 0 saturated carbocycles. The molecular weight excluding hydrogens is 244 g/mol. The predicted octanol–water partition coefficient (Wildman–Crippen LogP) is 1.46. The van der Waals surface area contributed by atoms with Crippen LogP contribution in [-0.4, -0.2) is 23.0 Å². The van der Waals surface area contributed by atoms with Crippen LogP contribution in [0.4, 0.5) is 11.5 Å². The van der Waals surface area contributed by atoms with Crippen LogP contribution in [0.3, 0.4) is 0 Å². The van der Waals surface area contributed by atoms with Gasteiger partial charge in [0.25, 0.3) is 5.91 Å². The summed E-state index contributed by atoms with van der Waals surface area (Å²) in [4.78, 5) is 19.6. The number of nitrogens with one attached hydrogen (secondary N) is 1. The molecule has 0 bridgehead atoms. The van der Waals surface area contributed by atoms with Crippen molar-refractivity contribution in [3.8, 4) is 0 Å². The molecule has 6 heteroatoms. The molecule has 2 rings (SSSR count). The first-order valence-electron chi connectivity index (χ1n) is 5.66. The van der Waals surface area contributed by atoms with Gasteiger partial charge in [0.05, 0.1) is 19.0 Å². The second-order valence-electron chi connectivity index (χ2n) is 3.91. The number of benzene rings is 1. The molecule has 0 fully saturated rings. The summed E-state index contributed by atoms with van der Waals surface area (Å²) in [6.45, 7) is 0.491. The number of hydrogen-bond acceptors (Lipinski definition) is 5. The molecular formula is C13H14N4O2. The Kier molecular flexibility index (Phi) is 4.04. The van der Waals surface area contributed by atoms with Crippen LogP contribution < -0.4 is 11.1 Å². The number of carbonyl (C=O) groups excluding carboxylic acids is 1. The van der Waals surface area contributed by atoms with Crippen molar-refractivity contribution in [3.05, 3.63) is 47.9 Å². The van der Waals surface area contributed by atoms with Gasteiger partial charge in [-0.05, 0) is 17.7 Å². The Labute approximate surface area is 110 Å². The number of anilines is 2. The second kappa shape index (κ2) is 5.92. The lowest BCUT2D eigenvalue weighted by atomic mass is 10.2. The van der Waals surface area contributed by atoms with E-state index in [0.29, 0.717) is 12.3 Å². The molecule has 1 heterocycles. The van der Waals surface area contributed by atoms with E-state index in [-0.39, 0.29) is 17.4 Å². The van der Waals surface area contributed by atoms with Crippen LogP contribution in [0.25, 0.3) is 0 Å². The fourth-order valence-electron chi connectivity index (χ4n) is 1.56. The van der Waals surface area contributed by atoms with Crippen LogP contribution in [0.2, 0.25) is 0 Å². The van der Waals surface area contributed by atoms with Crippen LogP contribution >= 0.6 is 0 Å². The molecule has 0 saturated heterocycles. The molecule has 1 aromatic heterocycles. The molecule has 6 nitrogen and oxygen atoms in total. The number of methoxy groups -OCH3 is 1. The van der Waals surface area contributed by atoms with Crippen molar-refractivity contribution >= 4 is 17.4 Å². The highest BCUT2D eigenvalue weighted by atomic mass is 16.5. The van der Waals surface area contributed by atoms with Gasteiger partial charge < -0.3 is 15.8 Å². The summed E-state index contributed by atoms with van der Waals surface area (Å²) < 4.78 is 5.04. The summed E-state index contributed by atoms with van der Waals surface area (Å²) in [5.41, 5.74) is 7.28. The van der Waals surface area contributed by atoms with Crippen molar-refractivity contribution in [3.63, 3.8) is 0 Å². The van der Waals surface area contributed by atoms with Gasteiger partial charge in [-0.25, -0.2) is 9.97 Å². The highest BCUT2D eigenvalue weighted by Gasteiger charge is 2.08. The first kappa shape index (κ1) is 13.0. The number of amides is 1. The van der Waals surface area contributed by atoms with Crippen molar-refractivity contribution in [1.82, 2.24) is 9.97 Å². The van der Waals surface area contributed by atoms with E-state index in [1.165, 1.54) is 12.4 Å². The van der Waals surface area contributed by atoms with Gasteiger partial charge in [0, 0.05) is 12.8 Å². The third-order valence-corrected chi connectivity index (χ3v) is 2.40. The minimum absolute atomic E-state index is 0.214. The lowest BCUT2D eigenvalue weighted by Gasteiger charge is -2.06. The fourth-order valence-corrected chi connectivity index (χ4v) is 1.56. The molecule has 19 heavy (non-hydrogen) atoms. The Morgan fingerprint density at radius 1 is 1.37 bits per heavy atom. The highest BCUT2D eigenvalue weighted by molar-refractivity contribution is 6.02. The van der Waals surface area contributed by atoms with E-state index >= 15 is 0 Å². The SMILES string of the molecule is COCc1cccc(NC(=O)c2cnc(N)cn2)c1. The quantitative estimate of drug-likeness (QED) is 0.866. The molecule has 0 spiro atoms. The van der Waals surface area contributed by atoms with Gasteiger partial charge in [-0.1, -0.05) is 12.1 Å². The molecule has 1 aromatic carbocycles. The average Bonchev–Trinajstić information content (AvgIpc) is 2.40. The van der Waals surface area contributed by atoms with Gasteiger partial charge in [0.15, 0.2) is 0 Å². The molecule has 0 aliphatic heterocycles. The van der Waals surface area contributed by atoms with E-state index in [9.17, 15) is 4.79 Å². The monoisotopic (exact) mass is 258 g/mol. The number of rotatable bonds is 4. The number of ether oxygens (including phenoxy) is 1. The zero-order valence-electron chi connectivity index (χ0n) is 10.5. The van der Waals surface area contributed by atoms with E-state index in [2.05, 4.69) is 15.3 Å². The van der Waals surface area contributed by atoms with Crippen LogP contribution in [0.15, 0.2) is 36.7 Å². The van der Waals surface area contributed by atoms with E-state index in [4.69, 9.17) is 10.5 Å². The van der Waals surface area contributed by atoms with E-state index < -0.39 is 0 Å². The Bertz CT molecular complexity index is 569. The lowest BCUT2D eigenvalue weighted by Crippen LogP contribution is -2.14. The topological polar surface area (TPSA) is 90.1 Å². The number of nitrogens with two attached hydrogens (primary N) is 1. The fraction of sp³-hybridized carbons (Fsp3) is 0.154. The van der Waals surface area contributed by atoms with E-state index in [1.807, 2.05) is 18.2 Å². The average molecular weight is 258 g/mol. The molecule has 0 aliphatic carbocycles. The maximum Gasteiger partial charge on any atom is 0.275 e. The predicted molar refractivity (Wildman–Crippen MR) is 71.6 cm³/mol. The minimum atomic E-state index is -0.331. The number of aromatic nitrogens is 2. The van der Waals surface area contributed by atoms with Gasteiger partial charge in [-0.3, -0.25) is 4.79 Å². The Morgan fingerprint density at radius 2 is 2.21 bits per heavy atom. The van der Waals surface area contributed by atoms with Crippen molar-refractivity contribution < 1.29 is 9.53 Å². The Hall–Kier alpha value is -2.47. The third kappa shape index (κ3) is 3.49. The standard InChI is InChI=1S/C13H14N4O2/c1-19-8-9-3-2-4-10(5-9)17-13(18)11-6-16-12(14)7-15-11/h2-7H,8H2,1H3,(H2,14,16)(H,17,18). The van der Waals surface area contributed by atoms with Crippen molar-refractivity contribution in [1.29, 1.82) is 0 Å². The van der Waals surface area contributed by atoms with Gasteiger partial charge >= 0.3 is 0 Å². The van der Waals surface area contributed by atoms with Crippen LogP contribution in [0.5, 0.6) is 0 Å². The second-order valence-corrected chi connectivity index (χ2v) is 3.91. The Morgan fingerprint density at radius 3 is 2.89 bits per heavy atom. The summed E-state index contributed by atoms with van der Waals surface area (Å²) >= 11 is 0. The molecule has 98 valence electrons. The number of nitrogens with zero attached hydrogens (tertiary/aromatic N) is 2. The van der Waals surface area contributed by atoms with Crippen molar-refractivity contribution in [2.24, 2.45) is 0 Å². The minimum Gasteiger partial charge on any atom is -0.382 e. The van der Waals surface area contributed by atoms with Crippen LogP contribution in [-0.2, 0) is 11.3 Å². The maximum absolute atomic E-state index is 11.9. The lowest BCUT2D eigenvalue weighted by molar-refractivity contribution is 0.102. The van der Waals surface area contributed by atoms with Gasteiger partial charge in [0.1, 0.15) is 11.5 Å². The summed E-state index contributed by atoms with van der Waals surface area (Å²) in [5, 5.41) is 2.74. The Balaban J connectivity index is 2.10. The van der Waals surface area contributed by atoms with Gasteiger partial charge in [-0.2, -0.15) is 0 Å². The molecule has 2 aromatic rings.